The predicted octanol–water partition coefficient (Wildman–Crippen LogP) is 4.68. The molecule has 0 aliphatic heterocycles. The molecule has 0 aliphatic carbocycles. The third-order valence-electron chi connectivity index (χ3n) is 2.77. The van der Waals surface area contributed by atoms with Crippen molar-refractivity contribution in [2.75, 3.05) is 0 Å². The average molecular weight is 382 g/mol. The van der Waals surface area contributed by atoms with Gasteiger partial charge in [0.2, 0.25) is 5.89 Å². The lowest BCUT2D eigenvalue weighted by Gasteiger charge is -2.03. The highest BCUT2D eigenvalue weighted by Crippen LogP contribution is 2.26. The van der Waals surface area contributed by atoms with Crippen LogP contribution in [0.5, 0.6) is 0 Å². The summed E-state index contributed by atoms with van der Waals surface area (Å²) in [5, 5.41) is 1.61. The molecule has 0 bridgehead atoms. The standard InChI is InChI=1S/C14H10Br2N2O/c15-7-9-4-10(8-16)6-11(5-9)14-18-13-12(19-14)2-1-3-17-13/h1-6H,7-8H2. The quantitative estimate of drug-likeness (QED) is 0.618. The Morgan fingerprint density at radius 2 is 1.79 bits per heavy atom. The molecule has 3 nitrogen and oxygen atoms in total. The van der Waals surface area contributed by atoms with Gasteiger partial charge in [0.1, 0.15) is 0 Å². The van der Waals surface area contributed by atoms with Gasteiger partial charge in [-0.2, -0.15) is 4.98 Å². The fraction of sp³-hybridized carbons (Fsp3) is 0.143. The van der Waals surface area contributed by atoms with Gasteiger partial charge in [-0.25, -0.2) is 4.98 Å². The number of halogens is 2. The SMILES string of the molecule is BrCc1cc(CBr)cc(-c2nc3ncccc3o2)c1. The van der Waals surface area contributed by atoms with Crippen LogP contribution >= 0.6 is 31.9 Å². The molecule has 3 rings (SSSR count). The van der Waals surface area contributed by atoms with E-state index in [0.717, 1.165) is 16.2 Å². The van der Waals surface area contributed by atoms with Crippen molar-refractivity contribution in [3.8, 4) is 11.5 Å². The third-order valence-corrected chi connectivity index (χ3v) is 4.07. The lowest BCUT2D eigenvalue weighted by atomic mass is 10.1. The van der Waals surface area contributed by atoms with Gasteiger partial charge in [0.15, 0.2) is 11.2 Å². The maximum absolute atomic E-state index is 5.75. The monoisotopic (exact) mass is 380 g/mol. The normalized spacial score (nSPS) is 11.1. The molecule has 5 heteroatoms. The molecular weight excluding hydrogens is 372 g/mol. The molecule has 0 unspecified atom stereocenters. The summed E-state index contributed by atoms with van der Waals surface area (Å²) in [5.74, 6) is 0.610. The highest BCUT2D eigenvalue weighted by atomic mass is 79.9. The number of nitrogens with zero attached hydrogens (tertiary/aromatic N) is 2. The third kappa shape index (κ3) is 2.58. The fourth-order valence-corrected chi connectivity index (χ4v) is 2.58. The van der Waals surface area contributed by atoms with Gasteiger partial charge in [-0.15, -0.1) is 0 Å². The molecule has 0 aliphatic rings. The van der Waals surface area contributed by atoms with E-state index in [-0.39, 0.29) is 0 Å². The van der Waals surface area contributed by atoms with Crippen LogP contribution in [0, 0.1) is 0 Å². The maximum Gasteiger partial charge on any atom is 0.228 e. The highest BCUT2D eigenvalue weighted by molar-refractivity contribution is 9.08. The van der Waals surface area contributed by atoms with Crippen LogP contribution < -0.4 is 0 Å². The molecule has 19 heavy (non-hydrogen) atoms. The molecule has 0 amide bonds. The van der Waals surface area contributed by atoms with Gasteiger partial charge >= 0.3 is 0 Å². The molecule has 3 aromatic rings. The van der Waals surface area contributed by atoms with E-state index >= 15 is 0 Å². The van der Waals surface area contributed by atoms with Crippen LogP contribution in [0.25, 0.3) is 22.7 Å². The zero-order valence-corrected chi connectivity index (χ0v) is 13.1. The Hall–Kier alpha value is -1.20. The Bertz CT molecular complexity index is 669. The zero-order valence-electron chi connectivity index (χ0n) is 9.94. The van der Waals surface area contributed by atoms with Crippen molar-refractivity contribution in [2.45, 2.75) is 10.7 Å². The van der Waals surface area contributed by atoms with Crippen LogP contribution in [0.3, 0.4) is 0 Å². The Kier molecular flexibility index (Phi) is 3.66. The first-order valence-corrected chi connectivity index (χ1v) is 8.01. The Balaban J connectivity index is 2.14. The largest absolute Gasteiger partial charge is 0.434 e. The minimum absolute atomic E-state index is 0.610. The molecule has 96 valence electrons. The van der Waals surface area contributed by atoms with Crippen molar-refractivity contribution in [3.63, 3.8) is 0 Å². The van der Waals surface area contributed by atoms with Crippen LogP contribution in [0.4, 0.5) is 0 Å². The van der Waals surface area contributed by atoms with E-state index < -0.39 is 0 Å². The highest BCUT2D eigenvalue weighted by Gasteiger charge is 2.10. The second-order valence-electron chi connectivity index (χ2n) is 4.15. The van der Waals surface area contributed by atoms with E-state index in [0.29, 0.717) is 17.1 Å². The van der Waals surface area contributed by atoms with E-state index in [1.807, 2.05) is 12.1 Å². The summed E-state index contributed by atoms with van der Waals surface area (Å²) in [5.41, 5.74) is 4.72. The number of hydrogen-bond acceptors (Lipinski definition) is 3. The van der Waals surface area contributed by atoms with Gasteiger partial charge in [-0.1, -0.05) is 37.9 Å². The van der Waals surface area contributed by atoms with Gasteiger partial charge in [-0.3, -0.25) is 0 Å². The first kappa shape index (κ1) is 12.8. The minimum atomic E-state index is 0.610. The lowest BCUT2D eigenvalue weighted by molar-refractivity contribution is 0.619. The first-order valence-electron chi connectivity index (χ1n) is 5.77. The smallest absolute Gasteiger partial charge is 0.228 e. The van der Waals surface area contributed by atoms with E-state index in [4.69, 9.17) is 4.42 Å². The van der Waals surface area contributed by atoms with Crippen molar-refractivity contribution in [3.05, 3.63) is 47.7 Å². The maximum atomic E-state index is 5.75. The van der Waals surface area contributed by atoms with Crippen LogP contribution in [0.15, 0.2) is 40.9 Å². The molecule has 2 heterocycles. The molecule has 0 saturated heterocycles. The number of rotatable bonds is 3. The molecule has 0 atom stereocenters. The number of fused-ring (bicyclic) bond motifs is 1. The molecular formula is C14H10Br2N2O. The van der Waals surface area contributed by atoms with Crippen LogP contribution in [-0.2, 0) is 10.7 Å². The topological polar surface area (TPSA) is 38.9 Å². The summed E-state index contributed by atoms with van der Waals surface area (Å²) in [6.45, 7) is 0. The summed E-state index contributed by atoms with van der Waals surface area (Å²) >= 11 is 6.97. The first-order chi connectivity index (χ1) is 9.30. The summed E-state index contributed by atoms with van der Waals surface area (Å²) < 4.78 is 5.75. The summed E-state index contributed by atoms with van der Waals surface area (Å²) in [6.07, 6.45) is 1.72. The van der Waals surface area contributed by atoms with Gasteiger partial charge in [-0.05, 0) is 35.4 Å². The summed E-state index contributed by atoms with van der Waals surface area (Å²) in [7, 11) is 0. The number of oxazole rings is 1. The number of hydrogen-bond donors (Lipinski definition) is 0. The van der Waals surface area contributed by atoms with Gasteiger partial charge in [0.25, 0.3) is 0 Å². The molecule has 0 spiro atoms. The van der Waals surface area contributed by atoms with Crippen molar-refractivity contribution in [1.82, 2.24) is 9.97 Å². The van der Waals surface area contributed by atoms with Crippen molar-refractivity contribution in [2.24, 2.45) is 0 Å². The van der Waals surface area contributed by atoms with E-state index in [2.05, 4.69) is 60.0 Å². The molecule has 0 radical (unpaired) electrons. The summed E-state index contributed by atoms with van der Waals surface area (Å²) in [6, 6.07) is 10.0. The number of pyridine rings is 1. The number of alkyl halides is 2. The Morgan fingerprint density at radius 3 is 2.42 bits per heavy atom. The second kappa shape index (κ2) is 5.43. The van der Waals surface area contributed by atoms with Crippen LogP contribution in [0.2, 0.25) is 0 Å². The Labute approximate surface area is 127 Å². The van der Waals surface area contributed by atoms with E-state index in [1.54, 1.807) is 6.20 Å². The van der Waals surface area contributed by atoms with Crippen molar-refractivity contribution >= 4 is 43.1 Å². The minimum Gasteiger partial charge on any atom is -0.434 e. The van der Waals surface area contributed by atoms with Gasteiger partial charge < -0.3 is 4.42 Å². The molecule has 2 aromatic heterocycles. The summed E-state index contributed by atoms with van der Waals surface area (Å²) in [4.78, 5) is 8.61. The predicted molar refractivity (Wildman–Crippen MR) is 82.5 cm³/mol. The number of benzene rings is 1. The molecule has 0 saturated carbocycles. The molecule has 0 N–H and O–H groups in total. The molecule has 0 fully saturated rings. The fourth-order valence-electron chi connectivity index (χ4n) is 1.93. The number of aromatic nitrogens is 2. The van der Waals surface area contributed by atoms with Gasteiger partial charge in [0, 0.05) is 22.4 Å². The van der Waals surface area contributed by atoms with Crippen molar-refractivity contribution < 1.29 is 4.42 Å². The van der Waals surface area contributed by atoms with Gasteiger partial charge in [0.05, 0.1) is 0 Å². The average Bonchev–Trinajstić information content (AvgIpc) is 2.90. The lowest BCUT2D eigenvalue weighted by Crippen LogP contribution is -1.87. The van der Waals surface area contributed by atoms with Crippen LogP contribution in [-0.4, -0.2) is 9.97 Å². The Morgan fingerprint density at radius 1 is 1.05 bits per heavy atom. The van der Waals surface area contributed by atoms with Crippen LogP contribution in [0.1, 0.15) is 11.1 Å². The molecule has 1 aromatic carbocycles. The van der Waals surface area contributed by atoms with E-state index in [1.165, 1.54) is 11.1 Å². The van der Waals surface area contributed by atoms with E-state index in [9.17, 15) is 0 Å². The second-order valence-corrected chi connectivity index (χ2v) is 5.27. The zero-order chi connectivity index (χ0) is 13.2. The van der Waals surface area contributed by atoms with Crippen molar-refractivity contribution in [1.29, 1.82) is 0 Å².